The van der Waals surface area contributed by atoms with E-state index in [4.69, 9.17) is 14.9 Å². The molecule has 1 N–H and O–H groups in total. The first-order valence-electron chi connectivity index (χ1n) is 9.54. The van der Waals surface area contributed by atoms with E-state index < -0.39 is 5.91 Å². The third-order valence-electron chi connectivity index (χ3n) is 4.33. The van der Waals surface area contributed by atoms with Crippen molar-refractivity contribution in [2.45, 2.75) is 13.3 Å². The van der Waals surface area contributed by atoms with Crippen molar-refractivity contribution >= 4 is 39.8 Å². The third kappa shape index (κ3) is 4.44. The van der Waals surface area contributed by atoms with Crippen LogP contribution in [-0.2, 0) is 4.79 Å². The van der Waals surface area contributed by atoms with Crippen molar-refractivity contribution in [2.75, 3.05) is 13.2 Å². The van der Waals surface area contributed by atoms with Crippen LogP contribution in [0.5, 0.6) is 11.5 Å². The van der Waals surface area contributed by atoms with E-state index in [1.54, 1.807) is 6.08 Å². The van der Waals surface area contributed by atoms with Gasteiger partial charge in [-0.05, 0) is 54.1 Å². The first kappa shape index (κ1) is 19.9. The molecule has 0 fully saturated rings. The molecule has 2 aliphatic rings. The molecule has 0 aliphatic carbocycles. The number of nitrogens with zero attached hydrogens (tertiary/aromatic N) is 3. The van der Waals surface area contributed by atoms with Crippen molar-refractivity contribution in [1.29, 1.82) is 5.41 Å². The second-order valence-corrected chi connectivity index (χ2v) is 7.49. The molecule has 152 valence electrons. The van der Waals surface area contributed by atoms with Crippen LogP contribution < -0.4 is 9.47 Å². The average molecular weight is 420 g/mol. The number of nitrogens with one attached hydrogen (secondary N) is 1. The molecule has 2 heterocycles. The van der Waals surface area contributed by atoms with E-state index in [9.17, 15) is 4.79 Å². The molecule has 2 aromatic carbocycles. The molecular formula is C22H20N4O3S. The van der Waals surface area contributed by atoms with Gasteiger partial charge in [0.25, 0.3) is 5.91 Å². The highest BCUT2D eigenvalue weighted by Crippen LogP contribution is 2.29. The Hall–Kier alpha value is -3.39. The minimum Gasteiger partial charge on any atom is -0.490 e. The molecule has 2 aromatic rings. The third-order valence-corrected chi connectivity index (χ3v) is 5.38. The first-order valence-corrected chi connectivity index (χ1v) is 10.4. The molecule has 1 amide bonds. The minimum absolute atomic E-state index is 0.0310. The van der Waals surface area contributed by atoms with Gasteiger partial charge in [0, 0.05) is 0 Å². The van der Waals surface area contributed by atoms with Crippen molar-refractivity contribution in [3.63, 3.8) is 0 Å². The SMILES string of the molecule is CCC1=NN2C(=N)/C(=C/c3cccc(OCCOc4ccccc4)c3)C(=O)N=C2S1. The number of ether oxygens (including phenoxy) is 2. The molecule has 0 bridgehead atoms. The van der Waals surface area contributed by atoms with E-state index in [1.807, 2.05) is 61.5 Å². The van der Waals surface area contributed by atoms with Crippen LogP contribution in [0, 0.1) is 5.41 Å². The summed E-state index contributed by atoms with van der Waals surface area (Å²) in [7, 11) is 0. The van der Waals surface area contributed by atoms with E-state index in [2.05, 4.69) is 10.1 Å². The molecule has 0 radical (unpaired) electrons. The number of benzene rings is 2. The Bertz CT molecular complexity index is 1060. The fourth-order valence-electron chi connectivity index (χ4n) is 2.87. The highest BCUT2D eigenvalue weighted by molar-refractivity contribution is 8.26. The van der Waals surface area contributed by atoms with Crippen LogP contribution in [0.15, 0.2) is 70.3 Å². The normalized spacial score (nSPS) is 17.0. The van der Waals surface area contributed by atoms with E-state index in [-0.39, 0.29) is 11.4 Å². The summed E-state index contributed by atoms with van der Waals surface area (Å²) in [5.41, 5.74) is 0.944. The van der Waals surface area contributed by atoms with Gasteiger partial charge in [-0.15, -0.1) is 0 Å². The Kier molecular flexibility index (Phi) is 5.94. The van der Waals surface area contributed by atoms with Gasteiger partial charge in [0.1, 0.15) is 29.8 Å². The summed E-state index contributed by atoms with van der Waals surface area (Å²) < 4.78 is 11.4. The maximum atomic E-state index is 12.4. The van der Waals surface area contributed by atoms with E-state index in [0.717, 1.165) is 22.8 Å². The molecule has 0 aromatic heterocycles. The second-order valence-electron chi connectivity index (χ2n) is 6.45. The van der Waals surface area contributed by atoms with Gasteiger partial charge in [-0.25, -0.2) is 0 Å². The first-order chi connectivity index (χ1) is 14.6. The molecule has 0 saturated carbocycles. The molecule has 8 heteroatoms. The molecule has 2 aliphatic heterocycles. The number of rotatable bonds is 7. The number of carbonyl (C=O) groups excluding carboxylic acids is 1. The number of para-hydroxylation sites is 1. The summed E-state index contributed by atoms with van der Waals surface area (Å²) in [6.45, 7) is 2.78. The molecule has 30 heavy (non-hydrogen) atoms. The number of amidine groups is 2. The lowest BCUT2D eigenvalue weighted by Gasteiger charge is -2.20. The topological polar surface area (TPSA) is 87.3 Å². The molecule has 7 nitrogen and oxygen atoms in total. The van der Waals surface area contributed by atoms with Crippen molar-refractivity contribution < 1.29 is 14.3 Å². The smallest absolute Gasteiger partial charge is 0.283 e. The number of carbonyl (C=O) groups is 1. The van der Waals surface area contributed by atoms with Gasteiger partial charge in [0.05, 0.1) is 5.57 Å². The average Bonchev–Trinajstić information content (AvgIpc) is 3.18. The molecular weight excluding hydrogens is 400 g/mol. The fraction of sp³-hybridized carbons (Fsp3) is 0.182. The zero-order chi connectivity index (χ0) is 20.9. The van der Waals surface area contributed by atoms with Crippen LogP contribution in [-0.4, -0.2) is 40.2 Å². The van der Waals surface area contributed by atoms with Gasteiger partial charge in [0.15, 0.2) is 5.84 Å². The van der Waals surface area contributed by atoms with Gasteiger partial charge < -0.3 is 9.47 Å². The molecule has 0 atom stereocenters. The Morgan fingerprint density at radius 3 is 2.57 bits per heavy atom. The number of amides is 1. The van der Waals surface area contributed by atoms with Gasteiger partial charge in [-0.1, -0.05) is 37.3 Å². The molecule has 0 spiro atoms. The summed E-state index contributed by atoms with van der Waals surface area (Å²) in [6, 6.07) is 16.9. The van der Waals surface area contributed by atoms with Crippen molar-refractivity contribution in [2.24, 2.45) is 10.1 Å². The number of aliphatic imine (C=N–C) groups is 1. The Balaban J connectivity index is 1.42. The number of hydrazone groups is 1. The summed E-state index contributed by atoms with van der Waals surface area (Å²) in [5, 5.41) is 15.4. The van der Waals surface area contributed by atoms with E-state index in [0.29, 0.717) is 24.1 Å². The number of thioether (sulfide) groups is 1. The maximum absolute atomic E-state index is 12.4. The molecule has 0 unspecified atom stereocenters. The largest absolute Gasteiger partial charge is 0.490 e. The summed E-state index contributed by atoms with van der Waals surface area (Å²) in [4.78, 5) is 16.5. The standard InChI is InChI=1S/C22H20N4O3S/c1-2-19-25-26-20(23)18(21(27)24-22(26)30-19)14-15-7-6-10-17(13-15)29-12-11-28-16-8-4-3-5-9-16/h3-10,13-14,23H,2,11-12H2,1H3/b18-14-,23-20?. The summed E-state index contributed by atoms with van der Waals surface area (Å²) in [6.07, 6.45) is 2.37. The lowest BCUT2D eigenvalue weighted by Crippen LogP contribution is -2.35. The van der Waals surface area contributed by atoms with Crippen LogP contribution in [0.1, 0.15) is 18.9 Å². The summed E-state index contributed by atoms with van der Waals surface area (Å²) in [5.74, 6) is 1.04. The van der Waals surface area contributed by atoms with Gasteiger partial charge in [-0.2, -0.15) is 15.1 Å². The van der Waals surface area contributed by atoms with Crippen molar-refractivity contribution in [1.82, 2.24) is 5.01 Å². The van der Waals surface area contributed by atoms with Crippen LogP contribution in [0.2, 0.25) is 0 Å². The maximum Gasteiger partial charge on any atom is 0.283 e. The van der Waals surface area contributed by atoms with Gasteiger partial charge in [-0.3, -0.25) is 10.2 Å². The van der Waals surface area contributed by atoms with Crippen LogP contribution in [0.25, 0.3) is 6.08 Å². The Morgan fingerprint density at radius 2 is 1.80 bits per heavy atom. The zero-order valence-electron chi connectivity index (χ0n) is 16.4. The van der Waals surface area contributed by atoms with Gasteiger partial charge in [0.2, 0.25) is 5.17 Å². The highest BCUT2D eigenvalue weighted by Gasteiger charge is 2.35. The Morgan fingerprint density at radius 1 is 1.07 bits per heavy atom. The predicted octanol–water partition coefficient (Wildman–Crippen LogP) is 4.17. The van der Waals surface area contributed by atoms with E-state index in [1.165, 1.54) is 16.8 Å². The lowest BCUT2D eigenvalue weighted by atomic mass is 10.1. The zero-order valence-corrected chi connectivity index (χ0v) is 17.2. The number of hydrogen-bond donors (Lipinski definition) is 1. The second kappa shape index (κ2) is 8.96. The number of hydrogen-bond acceptors (Lipinski definition) is 6. The van der Waals surface area contributed by atoms with Crippen molar-refractivity contribution in [3.8, 4) is 11.5 Å². The fourth-order valence-corrected chi connectivity index (χ4v) is 3.70. The number of fused-ring (bicyclic) bond motifs is 1. The molecule has 4 rings (SSSR count). The quantitative estimate of drug-likeness (QED) is 0.536. The van der Waals surface area contributed by atoms with Crippen molar-refractivity contribution in [3.05, 3.63) is 65.7 Å². The van der Waals surface area contributed by atoms with Gasteiger partial charge >= 0.3 is 0 Å². The summed E-state index contributed by atoms with van der Waals surface area (Å²) >= 11 is 1.33. The van der Waals surface area contributed by atoms with E-state index >= 15 is 0 Å². The monoisotopic (exact) mass is 420 g/mol. The van der Waals surface area contributed by atoms with Crippen LogP contribution in [0.4, 0.5) is 0 Å². The predicted molar refractivity (Wildman–Crippen MR) is 119 cm³/mol. The van der Waals surface area contributed by atoms with Crippen LogP contribution >= 0.6 is 11.8 Å². The Labute approximate surface area is 178 Å². The molecule has 0 saturated heterocycles. The van der Waals surface area contributed by atoms with Crippen LogP contribution in [0.3, 0.4) is 0 Å². The lowest BCUT2D eigenvalue weighted by molar-refractivity contribution is -0.114. The highest BCUT2D eigenvalue weighted by atomic mass is 32.2. The minimum atomic E-state index is -0.436.